The summed E-state index contributed by atoms with van der Waals surface area (Å²) in [5.41, 5.74) is 0.0243. The summed E-state index contributed by atoms with van der Waals surface area (Å²) in [5.74, 6) is 1.10. The summed E-state index contributed by atoms with van der Waals surface area (Å²) in [6, 6.07) is 4.67. The van der Waals surface area contributed by atoms with Gasteiger partial charge in [-0.15, -0.1) is 0 Å². The molecule has 0 aliphatic heterocycles. The molecular formula is C18H33NO4Si2. The SMILES string of the molecule is CC(C)(C)[Si](C)(C)Oc1ccc([N+](=O)[O-])cc1O[Si](C)(C)C(C)(C)C. The number of hydrogen-bond donors (Lipinski definition) is 0. The van der Waals surface area contributed by atoms with Gasteiger partial charge in [-0.2, -0.15) is 0 Å². The Hall–Kier alpha value is -1.35. The maximum absolute atomic E-state index is 11.2. The molecule has 0 aliphatic carbocycles. The smallest absolute Gasteiger partial charge is 0.273 e. The molecule has 25 heavy (non-hydrogen) atoms. The van der Waals surface area contributed by atoms with E-state index in [2.05, 4.69) is 67.7 Å². The van der Waals surface area contributed by atoms with Crippen molar-refractivity contribution >= 4 is 22.3 Å². The van der Waals surface area contributed by atoms with E-state index in [4.69, 9.17) is 8.85 Å². The van der Waals surface area contributed by atoms with Crippen LogP contribution in [0.15, 0.2) is 18.2 Å². The van der Waals surface area contributed by atoms with E-state index < -0.39 is 21.6 Å². The summed E-state index contributed by atoms with van der Waals surface area (Å²) in [6.07, 6.45) is 0. The monoisotopic (exact) mass is 383 g/mol. The van der Waals surface area contributed by atoms with Crippen molar-refractivity contribution in [1.29, 1.82) is 0 Å². The molecule has 7 heteroatoms. The molecule has 0 unspecified atom stereocenters. The molecule has 142 valence electrons. The first-order chi connectivity index (χ1) is 11.0. The third-order valence-corrected chi connectivity index (χ3v) is 14.2. The molecule has 0 bridgehead atoms. The Kier molecular flexibility index (Phi) is 5.86. The quantitative estimate of drug-likeness (QED) is 0.337. The van der Waals surface area contributed by atoms with Gasteiger partial charge in [-0.1, -0.05) is 41.5 Å². The Bertz CT molecular complexity index is 643. The average Bonchev–Trinajstić information content (AvgIpc) is 2.37. The van der Waals surface area contributed by atoms with Crippen molar-refractivity contribution in [2.45, 2.75) is 77.8 Å². The molecule has 1 aromatic rings. The first kappa shape index (κ1) is 21.7. The Morgan fingerprint density at radius 3 is 1.60 bits per heavy atom. The lowest BCUT2D eigenvalue weighted by atomic mass is 10.2. The molecule has 0 saturated carbocycles. The Morgan fingerprint density at radius 1 is 0.840 bits per heavy atom. The van der Waals surface area contributed by atoms with Crippen LogP contribution < -0.4 is 8.85 Å². The highest BCUT2D eigenvalue weighted by atomic mass is 28.4. The van der Waals surface area contributed by atoms with E-state index in [0.29, 0.717) is 11.5 Å². The highest BCUT2D eigenvalue weighted by molar-refractivity contribution is 6.75. The summed E-state index contributed by atoms with van der Waals surface area (Å²) >= 11 is 0. The second-order valence-corrected chi connectivity index (χ2v) is 19.1. The van der Waals surface area contributed by atoms with Crippen molar-refractivity contribution in [2.75, 3.05) is 0 Å². The number of nitro groups is 1. The molecule has 0 aliphatic rings. The number of rotatable bonds is 5. The number of hydrogen-bond acceptors (Lipinski definition) is 4. The van der Waals surface area contributed by atoms with Crippen LogP contribution >= 0.6 is 0 Å². The fourth-order valence-electron chi connectivity index (χ4n) is 1.63. The molecule has 0 aromatic heterocycles. The zero-order valence-corrected chi connectivity index (χ0v) is 19.3. The summed E-state index contributed by atoms with van der Waals surface area (Å²) < 4.78 is 12.8. The van der Waals surface area contributed by atoms with E-state index in [1.807, 2.05) is 0 Å². The van der Waals surface area contributed by atoms with Gasteiger partial charge < -0.3 is 8.85 Å². The van der Waals surface area contributed by atoms with Gasteiger partial charge in [0.1, 0.15) is 5.75 Å². The van der Waals surface area contributed by atoms with Crippen LogP contribution in [0, 0.1) is 10.1 Å². The molecule has 0 spiro atoms. The highest BCUT2D eigenvalue weighted by Gasteiger charge is 2.42. The third-order valence-electron chi connectivity index (χ3n) is 5.48. The van der Waals surface area contributed by atoms with Crippen molar-refractivity contribution in [3.8, 4) is 11.5 Å². The predicted octanol–water partition coefficient (Wildman–Crippen LogP) is 6.36. The largest absolute Gasteiger partial charge is 0.541 e. The molecule has 0 amide bonds. The minimum absolute atomic E-state index is 0.00807. The first-order valence-electron chi connectivity index (χ1n) is 8.64. The lowest BCUT2D eigenvalue weighted by Gasteiger charge is -2.39. The van der Waals surface area contributed by atoms with Crippen molar-refractivity contribution in [2.24, 2.45) is 0 Å². The van der Waals surface area contributed by atoms with Gasteiger partial charge in [-0.25, -0.2) is 0 Å². The summed E-state index contributed by atoms with van der Waals surface area (Å²) in [6.45, 7) is 21.5. The standard InChI is InChI=1S/C18H33NO4Si2/c1-17(2,3)24(7,8)22-15-12-11-14(19(20)21)13-16(15)23-25(9,10)18(4,5)6/h11-13H,1-10H3. The van der Waals surface area contributed by atoms with Gasteiger partial charge in [0.05, 0.1) is 11.0 Å². The maximum Gasteiger partial charge on any atom is 0.273 e. The number of nitro benzene ring substituents is 1. The van der Waals surface area contributed by atoms with Gasteiger partial charge in [0.2, 0.25) is 0 Å². The van der Waals surface area contributed by atoms with Gasteiger partial charge >= 0.3 is 0 Å². The van der Waals surface area contributed by atoms with Crippen LogP contribution in [0.1, 0.15) is 41.5 Å². The second-order valence-electron chi connectivity index (χ2n) is 9.61. The first-order valence-corrected chi connectivity index (χ1v) is 14.5. The van der Waals surface area contributed by atoms with Gasteiger partial charge in [0.15, 0.2) is 5.75 Å². The Labute approximate surface area is 154 Å². The minimum atomic E-state index is -2.14. The number of benzene rings is 1. The summed E-state index contributed by atoms with van der Waals surface area (Å²) in [5, 5.41) is 11.2. The van der Waals surface area contributed by atoms with Gasteiger partial charge in [0, 0.05) is 6.07 Å². The van der Waals surface area contributed by atoms with Crippen LogP contribution in [0.5, 0.6) is 11.5 Å². The van der Waals surface area contributed by atoms with E-state index in [1.165, 1.54) is 12.1 Å². The van der Waals surface area contributed by atoms with E-state index in [1.54, 1.807) is 6.07 Å². The topological polar surface area (TPSA) is 61.6 Å². The van der Waals surface area contributed by atoms with Crippen LogP contribution in [0.3, 0.4) is 0 Å². The molecule has 0 fully saturated rings. The van der Waals surface area contributed by atoms with E-state index >= 15 is 0 Å². The maximum atomic E-state index is 11.2. The molecule has 0 heterocycles. The van der Waals surface area contributed by atoms with Crippen LogP contribution in [-0.2, 0) is 0 Å². The number of non-ortho nitro benzene ring substituents is 1. The molecule has 0 saturated heterocycles. The Balaban J connectivity index is 3.37. The highest BCUT2D eigenvalue weighted by Crippen LogP contribution is 2.44. The van der Waals surface area contributed by atoms with E-state index in [0.717, 1.165) is 0 Å². The van der Waals surface area contributed by atoms with Crippen LogP contribution in [0.2, 0.25) is 36.3 Å². The lowest BCUT2D eigenvalue weighted by Crippen LogP contribution is -2.45. The van der Waals surface area contributed by atoms with Crippen LogP contribution in [0.4, 0.5) is 5.69 Å². The summed E-state index contributed by atoms with van der Waals surface area (Å²) in [7, 11) is -4.22. The third kappa shape index (κ3) is 5.07. The summed E-state index contributed by atoms with van der Waals surface area (Å²) in [4.78, 5) is 10.8. The molecule has 0 radical (unpaired) electrons. The zero-order valence-electron chi connectivity index (χ0n) is 17.3. The second kappa shape index (κ2) is 6.76. The molecular weight excluding hydrogens is 350 g/mol. The van der Waals surface area contributed by atoms with Crippen molar-refractivity contribution in [1.82, 2.24) is 0 Å². The van der Waals surface area contributed by atoms with E-state index in [9.17, 15) is 10.1 Å². The predicted molar refractivity (Wildman–Crippen MR) is 109 cm³/mol. The van der Waals surface area contributed by atoms with Gasteiger partial charge in [0.25, 0.3) is 22.3 Å². The van der Waals surface area contributed by atoms with Gasteiger partial charge in [-0.3, -0.25) is 10.1 Å². The van der Waals surface area contributed by atoms with E-state index in [-0.39, 0.29) is 15.8 Å². The van der Waals surface area contributed by atoms with Crippen LogP contribution in [0.25, 0.3) is 0 Å². The fraction of sp³-hybridized carbons (Fsp3) is 0.667. The van der Waals surface area contributed by atoms with Crippen molar-refractivity contribution in [3.05, 3.63) is 28.3 Å². The Morgan fingerprint density at radius 2 is 1.24 bits per heavy atom. The van der Waals surface area contributed by atoms with Crippen molar-refractivity contribution < 1.29 is 13.8 Å². The minimum Gasteiger partial charge on any atom is -0.541 e. The zero-order chi connectivity index (χ0) is 19.8. The molecule has 0 N–H and O–H groups in total. The van der Waals surface area contributed by atoms with Gasteiger partial charge in [-0.05, 0) is 42.3 Å². The molecule has 5 nitrogen and oxygen atoms in total. The fourth-order valence-corrected chi connectivity index (χ4v) is 3.67. The molecule has 1 aromatic carbocycles. The lowest BCUT2D eigenvalue weighted by molar-refractivity contribution is -0.384. The molecule has 0 atom stereocenters. The number of nitrogens with zero attached hydrogens (tertiary/aromatic N) is 1. The molecule has 1 rings (SSSR count). The average molecular weight is 384 g/mol. The normalized spacial score (nSPS) is 13.5. The van der Waals surface area contributed by atoms with Crippen molar-refractivity contribution in [3.63, 3.8) is 0 Å². The van der Waals surface area contributed by atoms with Crippen LogP contribution in [-0.4, -0.2) is 21.6 Å².